The fourth-order valence-corrected chi connectivity index (χ4v) is 3.71. The van der Waals surface area contributed by atoms with Gasteiger partial charge in [0.2, 0.25) is 10.0 Å². The first kappa shape index (κ1) is 18.2. The van der Waals surface area contributed by atoms with Crippen LogP contribution in [-0.2, 0) is 24.3 Å². The summed E-state index contributed by atoms with van der Waals surface area (Å²) in [4.78, 5) is 21.7. The number of nitrogens with zero attached hydrogens (tertiary/aromatic N) is 1. The predicted molar refractivity (Wildman–Crippen MR) is 77.1 cm³/mol. The second-order valence-electron chi connectivity index (χ2n) is 4.81. The number of halogens is 2. The van der Waals surface area contributed by atoms with Crippen LogP contribution in [0.15, 0.2) is 23.1 Å². The summed E-state index contributed by atoms with van der Waals surface area (Å²) in [5.41, 5.74) is 0. The van der Waals surface area contributed by atoms with E-state index in [1.165, 1.54) is 7.05 Å². The van der Waals surface area contributed by atoms with Gasteiger partial charge in [0.15, 0.2) is 0 Å². The lowest BCUT2D eigenvalue weighted by Crippen LogP contribution is -2.47. The van der Waals surface area contributed by atoms with Crippen molar-refractivity contribution in [3.63, 3.8) is 0 Å². The maximum absolute atomic E-state index is 13.8. The summed E-state index contributed by atoms with van der Waals surface area (Å²) in [6, 6.07) is 2.08. The van der Waals surface area contributed by atoms with Crippen LogP contribution in [0.25, 0.3) is 0 Å². The second kappa shape index (κ2) is 7.20. The zero-order valence-electron chi connectivity index (χ0n) is 12.6. The summed E-state index contributed by atoms with van der Waals surface area (Å²) in [7, 11) is -3.11. The summed E-state index contributed by atoms with van der Waals surface area (Å²) < 4.78 is 58.0. The summed E-state index contributed by atoms with van der Waals surface area (Å²) >= 11 is 0. The molecule has 1 aliphatic heterocycles. The molecule has 0 aliphatic carbocycles. The number of sulfonamides is 1. The van der Waals surface area contributed by atoms with Crippen molar-refractivity contribution in [1.82, 2.24) is 14.9 Å². The summed E-state index contributed by atoms with van der Waals surface area (Å²) in [6.07, 6.45) is -1.13. The average molecular weight is 363 g/mol. The molecule has 1 heterocycles. The number of rotatable bonds is 4. The maximum Gasteiger partial charge on any atom is 0.309 e. The first-order valence-electron chi connectivity index (χ1n) is 6.85. The van der Waals surface area contributed by atoms with Crippen LogP contribution < -0.4 is 10.6 Å². The quantitative estimate of drug-likeness (QED) is 0.680. The van der Waals surface area contributed by atoms with Gasteiger partial charge >= 0.3 is 11.8 Å². The summed E-state index contributed by atoms with van der Waals surface area (Å²) in [6.45, 7) is -0.405. The van der Waals surface area contributed by atoms with E-state index < -0.39 is 44.6 Å². The van der Waals surface area contributed by atoms with E-state index in [9.17, 15) is 26.8 Å². The van der Waals surface area contributed by atoms with Crippen LogP contribution in [0.2, 0.25) is 0 Å². The first-order valence-corrected chi connectivity index (χ1v) is 8.29. The third-order valence-corrected chi connectivity index (χ3v) is 5.20. The molecular weight excluding hydrogens is 348 g/mol. The highest BCUT2D eigenvalue weighted by atomic mass is 32.2. The number of hydrogen-bond acceptors (Lipinski definition) is 5. The van der Waals surface area contributed by atoms with Crippen molar-refractivity contribution in [3.8, 4) is 0 Å². The fourth-order valence-electron chi connectivity index (χ4n) is 2.12. The Morgan fingerprint density at radius 1 is 1.33 bits per heavy atom. The Balaban J connectivity index is 2.18. The van der Waals surface area contributed by atoms with Crippen molar-refractivity contribution in [2.24, 2.45) is 0 Å². The number of nitrogens with one attached hydrogen (secondary N) is 2. The van der Waals surface area contributed by atoms with E-state index in [0.717, 1.165) is 10.4 Å². The molecule has 0 aromatic heterocycles. The van der Waals surface area contributed by atoms with Gasteiger partial charge in [-0.25, -0.2) is 17.2 Å². The van der Waals surface area contributed by atoms with E-state index >= 15 is 0 Å². The Bertz CT molecular complexity index is 756. The van der Waals surface area contributed by atoms with Gasteiger partial charge in [0.05, 0.1) is 13.2 Å². The molecule has 24 heavy (non-hydrogen) atoms. The van der Waals surface area contributed by atoms with E-state index in [4.69, 9.17) is 4.74 Å². The molecule has 1 aliphatic rings. The Labute approximate surface area is 136 Å². The van der Waals surface area contributed by atoms with E-state index in [1.54, 1.807) is 0 Å². The molecule has 132 valence electrons. The van der Waals surface area contributed by atoms with Gasteiger partial charge in [0.1, 0.15) is 22.8 Å². The minimum atomic E-state index is -4.37. The number of amides is 2. The van der Waals surface area contributed by atoms with Crippen molar-refractivity contribution < 1.29 is 31.5 Å². The van der Waals surface area contributed by atoms with E-state index in [0.29, 0.717) is 12.1 Å². The SMILES string of the molecule is CNC(=O)C(=O)NC[C@H]1OCCN1S(=O)(=O)c1cc(F)ccc1F. The number of likely N-dealkylation sites (N-methyl/N-ethyl adjacent to an activating group) is 1. The second-order valence-corrected chi connectivity index (χ2v) is 6.66. The molecular formula is C13H15F2N3O5S. The number of benzene rings is 1. The number of hydrogen-bond donors (Lipinski definition) is 2. The molecule has 2 amide bonds. The lowest BCUT2D eigenvalue weighted by molar-refractivity contribution is -0.139. The minimum absolute atomic E-state index is 0.0106. The highest BCUT2D eigenvalue weighted by molar-refractivity contribution is 7.89. The van der Waals surface area contributed by atoms with Gasteiger partial charge in [-0.15, -0.1) is 0 Å². The Kier molecular flexibility index (Phi) is 5.47. The normalized spacial score (nSPS) is 18.4. The molecule has 0 saturated carbocycles. The van der Waals surface area contributed by atoms with Gasteiger partial charge in [-0.3, -0.25) is 9.59 Å². The monoisotopic (exact) mass is 363 g/mol. The topological polar surface area (TPSA) is 105 Å². The first-order chi connectivity index (χ1) is 11.3. The van der Waals surface area contributed by atoms with Gasteiger partial charge in [-0.2, -0.15) is 4.31 Å². The van der Waals surface area contributed by atoms with E-state index in [1.807, 2.05) is 0 Å². The van der Waals surface area contributed by atoms with E-state index in [2.05, 4.69) is 10.6 Å². The molecule has 2 rings (SSSR count). The molecule has 1 atom stereocenters. The van der Waals surface area contributed by atoms with Gasteiger partial charge < -0.3 is 15.4 Å². The van der Waals surface area contributed by atoms with Crippen molar-refractivity contribution in [2.45, 2.75) is 11.1 Å². The molecule has 1 aromatic rings. The molecule has 0 radical (unpaired) electrons. The molecule has 1 saturated heterocycles. The fraction of sp³-hybridized carbons (Fsp3) is 0.385. The van der Waals surface area contributed by atoms with Crippen LogP contribution in [-0.4, -0.2) is 57.5 Å². The van der Waals surface area contributed by atoms with Crippen molar-refractivity contribution in [3.05, 3.63) is 29.8 Å². The summed E-state index contributed by atoms with van der Waals surface area (Å²) in [5.74, 6) is -3.88. The van der Waals surface area contributed by atoms with Crippen LogP contribution in [0, 0.1) is 11.6 Å². The number of ether oxygens (including phenoxy) is 1. The van der Waals surface area contributed by atoms with Crippen LogP contribution in [0.4, 0.5) is 8.78 Å². The van der Waals surface area contributed by atoms with E-state index in [-0.39, 0.29) is 19.7 Å². The van der Waals surface area contributed by atoms with Crippen molar-refractivity contribution in [2.75, 3.05) is 26.7 Å². The number of carbonyl (C=O) groups excluding carboxylic acids is 2. The third-order valence-electron chi connectivity index (χ3n) is 3.29. The summed E-state index contributed by atoms with van der Waals surface area (Å²) in [5, 5.41) is 4.31. The van der Waals surface area contributed by atoms with Gasteiger partial charge in [0, 0.05) is 13.6 Å². The molecule has 1 aromatic carbocycles. The number of carbonyl (C=O) groups is 2. The molecule has 2 N–H and O–H groups in total. The molecule has 0 unspecified atom stereocenters. The zero-order valence-corrected chi connectivity index (χ0v) is 13.4. The van der Waals surface area contributed by atoms with Crippen LogP contribution in [0.1, 0.15) is 0 Å². The molecule has 0 spiro atoms. The highest BCUT2D eigenvalue weighted by Crippen LogP contribution is 2.24. The lowest BCUT2D eigenvalue weighted by atomic mass is 10.3. The Morgan fingerprint density at radius 2 is 2.04 bits per heavy atom. The third kappa shape index (κ3) is 3.68. The van der Waals surface area contributed by atoms with Crippen molar-refractivity contribution >= 4 is 21.8 Å². The van der Waals surface area contributed by atoms with Crippen LogP contribution in [0.5, 0.6) is 0 Å². The smallest absolute Gasteiger partial charge is 0.309 e. The average Bonchev–Trinajstić information content (AvgIpc) is 3.03. The molecule has 1 fully saturated rings. The molecule has 8 nitrogen and oxygen atoms in total. The Hall–Kier alpha value is -2.11. The maximum atomic E-state index is 13.8. The Morgan fingerprint density at radius 3 is 2.71 bits per heavy atom. The minimum Gasteiger partial charge on any atom is -0.359 e. The van der Waals surface area contributed by atoms with Gasteiger partial charge in [-0.1, -0.05) is 0 Å². The highest BCUT2D eigenvalue weighted by Gasteiger charge is 2.38. The van der Waals surface area contributed by atoms with Crippen molar-refractivity contribution in [1.29, 1.82) is 0 Å². The molecule has 0 bridgehead atoms. The lowest BCUT2D eigenvalue weighted by Gasteiger charge is -2.23. The largest absolute Gasteiger partial charge is 0.359 e. The van der Waals surface area contributed by atoms with Crippen LogP contribution in [0.3, 0.4) is 0 Å². The molecule has 11 heteroatoms. The van der Waals surface area contributed by atoms with Gasteiger partial charge in [-0.05, 0) is 18.2 Å². The predicted octanol–water partition coefficient (Wildman–Crippen LogP) is -0.826. The zero-order chi connectivity index (χ0) is 17.9. The standard InChI is InChI=1S/C13H15F2N3O5S/c1-16-12(19)13(20)17-7-11-18(4-5-23-11)24(21,22)10-6-8(14)2-3-9(10)15/h2-3,6,11H,4-5,7H2,1H3,(H,16,19)(H,17,20)/t11-/m1/s1. The van der Waals surface area contributed by atoms with Gasteiger partial charge in [0.25, 0.3) is 0 Å². The van der Waals surface area contributed by atoms with Crippen LogP contribution >= 0.6 is 0 Å².